The molecule has 0 saturated carbocycles. The van der Waals surface area contributed by atoms with Crippen LogP contribution >= 0.6 is 0 Å². The second kappa shape index (κ2) is 5.14. The summed E-state index contributed by atoms with van der Waals surface area (Å²) in [6, 6.07) is 8.55. The summed E-state index contributed by atoms with van der Waals surface area (Å²) in [5.41, 5.74) is 6.79. The molecule has 0 aliphatic rings. The van der Waals surface area contributed by atoms with E-state index in [-0.39, 0.29) is 0 Å². The Morgan fingerprint density at radius 2 is 2.00 bits per heavy atom. The summed E-state index contributed by atoms with van der Waals surface area (Å²) in [4.78, 5) is 11.2. The van der Waals surface area contributed by atoms with E-state index in [1.54, 1.807) is 12.1 Å². The van der Waals surface area contributed by atoms with Crippen LogP contribution in [0, 0.1) is 0 Å². The first-order valence-corrected chi connectivity index (χ1v) is 4.83. The third-order valence-corrected chi connectivity index (χ3v) is 1.99. The largest absolute Gasteiger partial charge is 0.350 e. The first-order valence-electron chi connectivity index (χ1n) is 4.83. The van der Waals surface area contributed by atoms with Crippen LogP contribution in [-0.2, 0) is 0 Å². The van der Waals surface area contributed by atoms with Gasteiger partial charge in [0.15, 0.2) is 0 Å². The number of hydrogen-bond donors (Lipinski definition) is 1. The fourth-order valence-corrected chi connectivity index (χ4v) is 1.04. The van der Waals surface area contributed by atoms with Crippen molar-refractivity contribution in [2.45, 2.75) is 20.3 Å². The fraction of sp³-hybridized carbons (Fsp3) is 0.273. The molecule has 0 bridgehead atoms. The summed E-state index contributed by atoms with van der Waals surface area (Å²) in [7, 11) is 0. The van der Waals surface area contributed by atoms with Crippen LogP contribution in [0.3, 0.4) is 0 Å². The van der Waals surface area contributed by atoms with Crippen LogP contribution in [0.25, 0.3) is 0 Å². The summed E-state index contributed by atoms with van der Waals surface area (Å²) in [6.45, 7) is 3.84. The van der Waals surface area contributed by atoms with E-state index in [1.165, 1.54) is 5.01 Å². The molecule has 1 aromatic rings. The van der Waals surface area contributed by atoms with Gasteiger partial charge >= 0.3 is 6.03 Å². The van der Waals surface area contributed by atoms with Gasteiger partial charge in [-0.05, 0) is 25.5 Å². The second-order valence-electron chi connectivity index (χ2n) is 3.17. The van der Waals surface area contributed by atoms with Crippen molar-refractivity contribution >= 4 is 17.4 Å². The van der Waals surface area contributed by atoms with E-state index in [1.807, 2.05) is 32.0 Å². The highest BCUT2D eigenvalue weighted by Gasteiger charge is 2.10. The van der Waals surface area contributed by atoms with Crippen molar-refractivity contribution < 1.29 is 4.79 Å². The fourth-order valence-electron chi connectivity index (χ4n) is 1.04. The number of nitrogens with two attached hydrogens (primary N) is 1. The molecule has 4 nitrogen and oxygen atoms in total. The molecule has 0 aliphatic heterocycles. The molecule has 1 rings (SSSR count). The molecule has 2 amide bonds. The SMILES string of the molecule is CC/C(C)=N/N(C(N)=O)c1ccccc1. The summed E-state index contributed by atoms with van der Waals surface area (Å²) < 4.78 is 0. The minimum absolute atomic E-state index is 0.575. The third-order valence-electron chi connectivity index (χ3n) is 1.99. The van der Waals surface area contributed by atoms with Crippen molar-refractivity contribution in [2.75, 3.05) is 5.01 Å². The van der Waals surface area contributed by atoms with Crippen LogP contribution in [0.15, 0.2) is 35.4 Å². The molecule has 0 heterocycles. The Morgan fingerprint density at radius 3 is 2.47 bits per heavy atom. The Balaban J connectivity index is 2.99. The number of nitrogens with zero attached hydrogens (tertiary/aromatic N) is 2. The number of hydrazone groups is 1. The summed E-state index contributed by atoms with van der Waals surface area (Å²) in [6.07, 6.45) is 0.788. The van der Waals surface area contributed by atoms with E-state index in [9.17, 15) is 4.79 Å². The molecular formula is C11H15N3O. The molecule has 0 radical (unpaired) electrons. The summed E-state index contributed by atoms with van der Waals surface area (Å²) in [5, 5.41) is 5.35. The molecule has 2 N–H and O–H groups in total. The number of carbonyl (C=O) groups is 1. The van der Waals surface area contributed by atoms with Crippen LogP contribution in [0.5, 0.6) is 0 Å². The molecule has 80 valence electrons. The van der Waals surface area contributed by atoms with Gasteiger partial charge in [-0.2, -0.15) is 10.1 Å². The van der Waals surface area contributed by atoms with Crippen LogP contribution in [-0.4, -0.2) is 11.7 Å². The number of primary amides is 1. The highest BCUT2D eigenvalue weighted by Crippen LogP contribution is 2.13. The Bertz CT molecular complexity index is 359. The monoisotopic (exact) mass is 205 g/mol. The Kier molecular flexibility index (Phi) is 3.85. The predicted octanol–water partition coefficient (Wildman–Crippen LogP) is 2.36. The number of anilines is 1. The van der Waals surface area contributed by atoms with Gasteiger partial charge in [0.05, 0.1) is 5.69 Å². The van der Waals surface area contributed by atoms with Gasteiger partial charge in [0.1, 0.15) is 0 Å². The molecule has 0 saturated heterocycles. The minimum atomic E-state index is -0.575. The van der Waals surface area contributed by atoms with E-state index in [2.05, 4.69) is 5.10 Å². The smallest absolute Gasteiger partial charge is 0.339 e. The second-order valence-corrected chi connectivity index (χ2v) is 3.17. The van der Waals surface area contributed by atoms with E-state index in [4.69, 9.17) is 5.73 Å². The van der Waals surface area contributed by atoms with Crippen molar-refractivity contribution in [2.24, 2.45) is 10.8 Å². The lowest BCUT2D eigenvalue weighted by atomic mass is 10.3. The van der Waals surface area contributed by atoms with Gasteiger partial charge < -0.3 is 5.73 Å². The number of hydrogen-bond acceptors (Lipinski definition) is 2. The van der Waals surface area contributed by atoms with Crippen LogP contribution in [0.4, 0.5) is 10.5 Å². The average Bonchev–Trinajstić information content (AvgIpc) is 2.26. The molecule has 4 heteroatoms. The normalized spacial score (nSPS) is 11.2. The first kappa shape index (κ1) is 11.2. The van der Waals surface area contributed by atoms with Gasteiger partial charge in [-0.1, -0.05) is 25.1 Å². The lowest BCUT2D eigenvalue weighted by Gasteiger charge is -2.15. The number of para-hydroxylation sites is 1. The number of benzene rings is 1. The van der Waals surface area contributed by atoms with Crippen LogP contribution in [0.2, 0.25) is 0 Å². The van der Waals surface area contributed by atoms with E-state index in [0.29, 0.717) is 5.69 Å². The van der Waals surface area contributed by atoms with Gasteiger partial charge in [-0.15, -0.1) is 0 Å². The lowest BCUT2D eigenvalue weighted by molar-refractivity contribution is 0.254. The predicted molar refractivity (Wildman–Crippen MR) is 61.9 cm³/mol. The van der Waals surface area contributed by atoms with Crippen molar-refractivity contribution in [1.82, 2.24) is 0 Å². The maximum atomic E-state index is 11.2. The zero-order chi connectivity index (χ0) is 11.3. The molecule has 0 atom stereocenters. The quantitative estimate of drug-likeness (QED) is 0.597. The van der Waals surface area contributed by atoms with Gasteiger partial charge in [0, 0.05) is 5.71 Å². The maximum Gasteiger partial charge on any atom is 0.339 e. The Labute approximate surface area is 89.4 Å². The van der Waals surface area contributed by atoms with Gasteiger partial charge in [-0.25, -0.2) is 4.79 Å². The molecule has 0 unspecified atom stereocenters. The molecule has 0 aliphatic carbocycles. The van der Waals surface area contributed by atoms with Gasteiger partial charge in [0.25, 0.3) is 0 Å². The molecular weight excluding hydrogens is 190 g/mol. The third kappa shape index (κ3) is 3.09. The van der Waals surface area contributed by atoms with Crippen LogP contribution < -0.4 is 10.7 Å². The lowest BCUT2D eigenvalue weighted by Crippen LogP contribution is -2.31. The number of rotatable bonds is 3. The van der Waals surface area contributed by atoms with Gasteiger partial charge in [-0.3, -0.25) is 0 Å². The molecule has 0 fully saturated rings. The molecule has 0 aromatic heterocycles. The van der Waals surface area contributed by atoms with Gasteiger partial charge in [0.2, 0.25) is 0 Å². The zero-order valence-corrected chi connectivity index (χ0v) is 8.97. The van der Waals surface area contributed by atoms with Crippen molar-refractivity contribution in [1.29, 1.82) is 0 Å². The topological polar surface area (TPSA) is 58.7 Å². The molecule has 15 heavy (non-hydrogen) atoms. The number of carbonyl (C=O) groups excluding carboxylic acids is 1. The molecule has 1 aromatic carbocycles. The zero-order valence-electron chi connectivity index (χ0n) is 8.97. The Hall–Kier alpha value is -1.84. The maximum absolute atomic E-state index is 11.2. The molecule has 0 spiro atoms. The number of urea groups is 1. The van der Waals surface area contributed by atoms with E-state index in [0.717, 1.165) is 12.1 Å². The van der Waals surface area contributed by atoms with Crippen LogP contribution in [0.1, 0.15) is 20.3 Å². The minimum Gasteiger partial charge on any atom is -0.350 e. The van der Waals surface area contributed by atoms with E-state index >= 15 is 0 Å². The van der Waals surface area contributed by atoms with Crippen molar-refractivity contribution in [3.05, 3.63) is 30.3 Å². The standard InChI is InChI=1S/C11H15N3O/c1-3-9(2)13-14(11(12)15)10-7-5-4-6-8-10/h4-8H,3H2,1-2H3,(H2,12,15)/b13-9+. The highest BCUT2D eigenvalue weighted by molar-refractivity contribution is 5.93. The van der Waals surface area contributed by atoms with E-state index < -0.39 is 6.03 Å². The Morgan fingerprint density at radius 1 is 1.40 bits per heavy atom. The van der Waals surface area contributed by atoms with Crippen molar-refractivity contribution in [3.8, 4) is 0 Å². The number of amides is 2. The highest BCUT2D eigenvalue weighted by atomic mass is 16.2. The summed E-state index contributed by atoms with van der Waals surface area (Å²) in [5.74, 6) is 0. The first-order chi connectivity index (χ1) is 7.15. The van der Waals surface area contributed by atoms with Crippen molar-refractivity contribution in [3.63, 3.8) is 0 Å². The average molecular weight is 205 g/mol. The summed E-state index contributed by atoms with van der Waals surface area (Å²) >= 11 is 0.